The highest BCUT2D eigenvalue weighted by Gasteiger charge is 2.35. The number of unbranched alkanes of at least 4 members (excludes halogenated alkanes) is 2. The van der Waals surface area contributed by atoms with Gasteiger partial charge in [-0.05, 0) is 25.7 Å². The van der Waals surface area contributed by atoms with Gasteiger partial charge in [0, 0.05) is 13.1 Å². The zero-order valence-electron chi connectivity index (χ0n) is 12.7. The zero-order valence-corrected chi connectivity index (χ0v) is 12.7. The summed E-state index contributed by atoms with van der Waals surface area (Å²) >= 11 is 0. The van der Waals surface area contributed by atoms with Crippen LogP contribution in [0.3, 0.4) is 0 Å². The average Bonchev–Trinajstić information content (AvgIpc) is 2.46. The van der Waals surface area contributed by atoms with Crippen molar-refractivity contribution in [3.05, 3.63) is 12.2 Å². The van der Waals surface area contributed by atoms with E-state index in [4.69, 9.17) is 0 Å². The summed E-state index contributed by atoms with van der Waals surface area (Å²) in [7, 11) is 0. The number of aliphatic carboxylic acids is 1. The Morgan fingerprint density at radius 1 is 1.05 bits per heavy atom. The lowest BCUT2D eigenvalue weighted by Crippen LogP contribution is -2.42. The van der Waals surface area contributed by atoms with Crippen LogP contribution >= 0.6 is 0 Å². The van der Waals surface area contributed by atoms with Crippen LogP contribution in [0.2, 0.25) is 0 Å². The van der Waals surface area contributed by atoms with E-state index in [0.717, 1.165) is 38.8 Å². The molecule has 0 saturated carbocycles. The summed E-state index contributed by atoms with van der Waals surface area (Å²) in [5, 5.41) is 9.29. The Balaban J connectivity index is 2.74. The smallest absolute Gasteiger partial charge is 0.307 e. The molecule has 1 amide bonds. The van der Waals surface area contributed by atoms with Gasteiger partial charge in [0.05, 0.1) is 11.8 Å². The van der Waals surface area contributed by atoms with Crippen molar-refractivity contribution in [1.29, 1.82) is 0 Å². The Labute approximate surface area is 121 Å². The summed E-state index contributed by atoms with van der Waals surface area (Å²) in [5.41, 5.74) is 0. The first-order valence-corrected chi connectivity index (χ1v) is 7.78. The fourth-order valence-corrected chi connectivity index (χ4v) is 2.62. The normalized spacial score (nSPS) is 21.7. The Kier molecular flexibility index (Phi) is 7.34. The molecule has 0 spiro atoms. The van der Waals surface area contributed by atoms with E-state index in [0.29, 0.717) is 12.8 Å². The second kappa shape index (κ2) is 8.77. The number of nitrogens with zero attached hydrogens (tertiary/aromatic N) is 1. The van der Waals surface area contributed by atoms with Gasteiger partial charge in [-0.15, -0.1) is 0 Å². The second-order valence-electron chi connectivity index (χ2n) is 5.53. The Morgan fingerprint density at radius 3 is 2.00 bits per heavy atom. The molecular formula is C16H27NO3. The molecule has 1 N–H and O–H groups in total. The molecule has 0 saturated heterocycles. The van der Waals surface area contributed by atoms with Gasteiger partial charge in [0.2, 0.25) is 5.91 Å². The summed E-state index contributed by atoms with van der Waals surface area (Å²) in [6.07, 6.45) is 8.91. The second-order valence-corrected chi connectivity index (χ2v) is 5.53. The van der Waals surface area contributed by atoms with E-state index in [1.54, 1.807) is 0 Å². The van der Waals surface area contributed by atoms with Crippen molar-refractivity contribution < 1.29 is 14.7 Å². The van der Waals surface area contributed by atoms with Gasteiger partial charge in [0.1, 0.15) is 0 Å². The third-order valence-corrected chi connectivity index (χ3v) is 3.94. The van der Waals surface area contributed by atoms with Crippen LogP contribution < -0.4 is 0 Å². The molecule has 1 rings (SSSR count). The van der Waals surface area contributed by atoms with Crippen molar-refractivity contribution in [2.75, 3.05) is 13.1 Å². The molecule has 0 fully saturated rings. The molecule has 20 heavy (non-hydrogen) atoms. The lowest BCUT2D eigenvalue weighted by atomic mass is 9.82. The third-order valence-electron chi connectivity index (χ3n) is 3.94. The number of carbonyl (C=O) groups is 2. The van der Waals surface area contributed by atoms with Crippen LogP contribution in [0, 0.1) is 11.8 Å². The van der Waals surface area contributed by atoms with E-state index in [1.807, 2.05) is 17.1 Å². The predicted octanol–water partition coefficient (Wildman–Crippen LogP) is 3.08. The number of carboxylic acids is 1. The number of rotatable bonds is 8. The highest BCUT2D eigenvalue weighted by atomic mass is 16.4. The summed E-state index contributed by atoms with van der Waals surface area (Å²) in [6.45, 7) is 5.71. The topological polar surface area (TPSA) is 57.6 Å². The number of allylic oxidation sites excluding steroid dienone is 2. The first-order valence-electron chi connectivity index (χ1n) is 7.78. The van der Waals surface area contributed by atoms with E-state index in [1.165, 1.54) is 0 Å². The van der Waals surface area contributed by atoms with Crippen LogP contribution in [0.25, 0.3) is 0 Å². The van der Waals surface area contributed by atoms with E-state index in [9.17, 15) is 14.7 Å². The third kappa shape index (κ3) is 4.66. The molecule has 114 valence electrons. The van der Waals surface area contributed by atoms with Crippen molar-refractivity contribution >= 4 is 11.9 Å². The maximum Gasteiger partial charge on any atom is 0.307 e. The fourth-order valence-electron chi connectivity index (χ4n) is 2.62. The number of amides is 1. The van der Waals surface area contributed by atoms with Gasteiger partial charge < -0.3 is 10.0 Å². The standard InChI is InChI=1S/C16H27NO3/c1-3-5-11-17(12-6-4-2)15(18)13-9-7-8-10-14(13)16(19)20/h7-8,13-14H,3-6,9-12H2,1-2H3,(H,19,20)/t13-,14-/m0/s1. The van der Waals surface area contributed by atoms with E-state index in [2.05, 4.69) is 13.8 Å². The predicted molar refractivity (Wildman–Crippen MR) is 79.4 cm³/mol. The van der Waals surface area contributed by atoms with Gasteiger partial charge in [-0.2, -0.15) is 0 Å². The van der Waals surface area contributed by atoms with Crippen LogP contribution in [0.15, 0.2) is 12.2 Å². The molecule has 4 nitrogen and oxygen atoms in total. The van der Waals surface area contributed by atoms with E-state index < -0.39 is 11.9 Å². The van der Waals surface area contributed by atoms with Gasteiger partial charge in [-0.1, -0.05) is 38.8 Å². The molecule has 0 aliphatic heterocycles. The minimum absolute atomic E-state index is 0.0312. The SMILES string of the molecule is CCCCN(CCCC)C(=O)[C@H]1CC=CC[C@@H]1C(=O)O. The summed E-state index contributed by atoms with van der Waals surface area (Å²) in [6, 6.07) is 0. The van der Waals surface area contributed by atoms with Crippen LogP contribution in [-0.2, 0) is 9.59 Å². The molecule has 0 aromatic carbocycles. The summed E-state index contributed by atoms with van der Waals surface area (Å²) in [5.74, 6) is -1.76. The summed E-state index contributed by atoms with van der Waals surface area (Å²) < 4.78 is 0. The van der Waals surface area contributed by atoms with Gasteiger partial charge in [-0.3, -0.25) is 9.59 Å². The van der Waals surface area contributed by atoms with Crippen molar-refractivity contribution in [3.63, 3.8) is 0 Å². The van der Waals surface area contributed by atoms with Crippen molar-refractivity contribution in [2.24, 2.45) is 11.8 Å². The van der Waals surface area contributed by atoms with E-state index in [-0.39, 0.29) is 11.8 Å². The Hall–Kier alpha value is -1.32. The van der Waals surface area contributed by atoms with Gasteiger partial charge >= 0.3 is 5.97 Å². The lowest BCUT2D eigenvalue weighted by Gasteiger charge is -2.31. The maximum absolute atomic E-state index is 12.7. The van der Waals surface area contributed by atoms with Crippen molar-refractivity contribution in [1.82, 2.24) is 4.90 Å². The molecule has 0 aromatic rings. The molecule has 0 heterocycles. The van der Waals surface area contributed by atoms with Crippen LogP contribution in [-0.4, -0.2) is 35.0 Å². The van der Waals surface area contributed by atoms with Crippen molar-refractivity contribution in [3.8, 4) is 0 Å². The first-order chi connectivity index (χ1) is 9.61. The van der Waals surface area contributed by atoms with Gasteiger partial charge in [0.25, 0.3) is 0 Å². The van der Waals surface area contributed by atoms with Crippen LogP contribution in [0.1, 0.15) is 52.4 Å². The Bertz CT molecular complexity index is 344. The lowest BCUT2D eigenvalue weighted by molar-refractivity contribution is -0.150. The van der Waals surface area contributed by atoms with Gasteiger partial charge in [0.15, 0.2) is 0 Å². The average molecular weight is 281 g/mol. The quantitative estimate of drug-likeness (QED) is 0.696. The maximum atomic E-state index is 12.7. The molecule has 0 radical (unpaired) electrons. The van der Waals surface area contributed by atoms with E-state index >= 15 is 0 Å². The fraction of sp³-hybridized carbons (Fsp3) is 0.750. The molecule has 0 aromatic heterocycles. The molecule has 0 unspecified atom stereocenters. The molecule has 1 aliphatic rings. The highest BCUT2D eigenvalue weighted by Crippen LogP contribution is 2.28. The van der Waals surface area contributed by atoms with Crippen molar-refractivity contribution in [2.45, 2.75) is 52.4 Å². The highest BCUT2D eigenvalue weighted by molar-refractivity contribution is 5.85. The zero-order chi connectivity index (χ0) is 15.0. The summed E-state index contributed by atoms with van der Waals surface area (Å²) in [4.78, 5) is 25.9. The first kappa shape index (κ1) is 16.7. The number of hydrogen-bond acceptors (Lipinski definition) is 2. The van der Waals surface area contributed by atoms with Crippen LogP contribution in [0.5, 0.6) is 0 Å². The molecule has 4 heteroatoms. The Morgan fingerprint density at radius 2 is 1.55 bits per heavy atom. The molecule has 0 bridgehead atoms. The molecular weight excluding hydrogens is 254 g/mol. The number of hydrogen-bond donors (Lipinski definition) is 1. The number of carboxylic acid groups (broad SMARTS) is 1. The van der Waals surface area contributed by atoms with Gasteiger partial charge in [-0.25, -0.2) is 0 Å². The number of carbonyl (C=O) groups excluding carboxylic acids is 1. The molecule has 1 aliphatic carbocycles. The largest absolute Gasteiger partial charge is 0.481 e. The monoisotopic (exact) mass is 281 g/mol. The minimum atomic E-state index is -0.848. The molecule has 2 atom stereocenters. The minimum Gasteiger partial charge on any atom is -0.481 e. The van der Waals surface area contributed by atoms with Crippen LogP contribution in [0.4, 0.5) is 0 Å².